The Bertz CT molecular complexity index is 474. The summed E-state index contributed by atoms with van der Waals surface area (Å²) in [6.07, 6.45) is 5.08. The van der Waals surface area contributed by atoms with E-state index in [4.69, 9.17) is 5.73 Å². The molecule has 4 fully saturated rings. The number of nitrogens with one attached hydrogen (secondary N) is 2. The topological polar surface area (TPSA) is 90.5 Å². The number of hydrogen-bond donors (Lipinski definition) is 5. The Balaban J connectivity index is 1.51. The Kier molecular flexibility index (Phi) is 4.07. The van der Waals surface area contributed by atoms with Crippen molar-refractivity contribution in [2.45, 2.75) is 74.3 Å². The summed E-state index contributed by atoms with van der Waals surface area (Å²) in [5.74, 6) is 1.09. The summed E-state index contributed by atoms with van der Waals surface area (Å²) in [7, 11) is 0. The van der Waals surface area contributed by atoms with Crippen molar-refractivity contribution in [3.8, 4) is 0 Å². The molecular formula is C17H32IN3O2. The van der Waals surface area contributed by atoms with Gasteiger partial charge in [0.05, 0.1) is 0 Å². The molecule has 134 valence electrons. The summed E-state index contributed by atoms with van der Waals surface area (Å²) in [6, 6.07) is 0. The first-order valence-electron chi connectivity index (χ1n) is 8.93. The predicted octanol–water partition coefficient (Wildman–Crippen LogP) is 0.761. The zero-order valence-electron chi connectivity index (χ0n) is 14.3. The van der Waals surface area contributed by atoms with Gasteiger partial charge in [-0.15, -0.1) is 0 Å². The Labute approximate surface area is 146 Å². The Morgan fingerprint density at radius 1 is 1.00 bits per heavy atom. The van der Waals surface area contributed by atoms with Crippen molar-refractivity contribution in [2.75, 3.05) is 13.8 Å². The van der Waals surface area contributed by atoms with E-state index in [0.29, 0.717) is 11.8 Å². The molecule has 0 amide bonds. The Hall–Kier alpha value is 0.530. The van der Waals surface area contributed by atoms with Crippen LogP contribution in [0.1, 0.15) is 45.4 Å². The number of rotatable bonds is 3. The van der Waals surface area contributed by atoms with Crippen LogP contribution < -0.4 is 16.6 Å². The van der Waals surface area contributed by atoms with Gasteiger partial charge >= 0.3 is 147 Å². The first-order valence-corrected chi connectivity index (χ1v) is 14.1. The maximum atomic E-state index is 10.2. The molecule has 4 rings (SSSR count). The zero-order chi connectivity index (χ0) is 16.5. The molecule has 1 heterocycles. The SMILES string of the molecule is CI1C[C@@H]2C[C@@H](O)C[C@]2(NN[C@@]23C[C@@H](O)C[C@@H]2C[C@@](C)(N)C3)C1. The molecule has 4 aliphatic rings. The number of hydrogen-bond acceptors (Lipinski definition) is 5. The standard InChI is InChI=1S/C17H32IN3O2/c1-15(19)5-11-3-13(22)6-16(11,9-15)20-21-17-7-14(23)4-12(17)8-18(2)10-17/h11-14,20-23H,3-10,19H2,1-2H3/t11-,12+,13+,14-,15-,16-,17+/m1/s1. The second-order valence-electron chi connectivity index (χ2n) is 9.19. The average molecular weight is 437 g/mol. The van der Waals surface area contributed by atoms with Gasteiger partial charge in [0.15, 0.2) is 0 Å². The van der Waals surface area contributed by atoms with E-state index in [-0.39, 0.29) is 28.8 Å². The fraction of sp³-hybridized carbons (Fsp3) is 1.00. The first-order chi connectivity index (χ1) is 10.7. The van der Waals surface area contributed by atoms with Crippen molar-refractivity contribution in [2.24, 2.45) is 17.6 Å². The normalized spacial score (nSPS) is 57.0. The minimum atomic E-state index is -0.824. The van der Waals surface area contributed by atoms with Gasteiger partial charge in [-0.25, -0.2) is 0 Å². The third-order valence-corrected chi connectivity index (χ3v) is 12.0. The van der Waals surface area contributed by atoms with Crippen molar-refractivity contribution in [3.05, 3.63) is 0 Å². The van der Waals surface area contributed by atoms with Gasteiger partial charge in [-0.2, -0.15) is 0 Å². The van der Waals surface area contributed by atoms with E-state index in [1.54, 1.807) is 0 Å². The van der Waals surface area contributed by atoms with E-state index in [0.717, 1.165) is 38.5 Å². The van der Waals surface area contributed by atoms with Gasteiger partial charge in [-0.3, -0.25) is 0 Å². The molecule has 3 aliphatic carbocycles. The predicted molar refractivity (Wildman–Crippen MR) is 101 cm³/mol. The van der Waals surface area contributed by atoms with Gasteiger partial charge in [0.25, 0.3) is 0 Å². The molecule has 3 saturated carbocycles. The first kappa shape index (κ1) is 17.0. The zero-order valence-corrected chi connectivity index (χ0v) is 16.5. The van der Waals surface area contributed by atoms with Crippen molar-refractivity contribution < 1.29 is 10.2 Å². The van der Waals surface area contributed by atoms with E-state index in [9.17, 15) is 10.2 Å². The van der Waals surface area contributed by atoms with Gasteiger partial charge in [-0.1, -0.05) is 0 Å². The fourth-order valence-corrected chi connectivity index (χ4v) is 12.9. The van der Waals surface area contributed by atoms with Crippen LogP contribution in [0.5, 0.6) is 0 Å². The van der Waals surface area contributed by atoms with Crippen LogP contribution in [0, 0.1) is 11.8 Å². The van der Waals surface area contributed by atoms with Crippen LogP contribution in [0.3, 0.4) is 0 Å². The second kappa shape index (κ2) is 5.51. The molecule has 1 saturated heterocycles. The molecule has 0 aromatic heterocycles. The van der Waals surface area contributed by atoms with Crippen LogP contribution in [0.2, 0.25) is 0 Å². The summed E-state index contributed by atoms with van der Waals surface area (Å²) in [4.78, 5) is 2.48. The molecule has 6 heteroatoms. The molecule has 1 aliphatic heterocycles. The summed E-state index contributed by atoms with van der Waals surface area (Å²) in [5.41, 5.74) is 13.8. The number of hydrazine groups is 1. The number of nitrogens with two attached hydrogens (primary N) is 1. The molecule has 23 heavy (non-hydrogen) atoms. The molecule has 6 N–H and O–H groups in total. The molecule has 7 atom stereocenters. The third kappa shape index (κ3) is 2.87. The monoisotopic (exact) mass is 437 g/mol. The second-order valence-corrected chi connectivity index (χ2v) is 15.0. The number of aliphatic hydroxyl groups excluding tert-OH is 2. The molecule has 0 aromatic carbocycles. The number of alkyl halides is 3. The van der Waals surface area contributed by atoms with Gasteiger partial charge < -0.3 is 0 Å². The van der Waals surface area contributed by atoms with Gasteiger partial charge in [0.1, 0.15) is 0 Å². The van der Waals surface area contributed by atoms with Crippen molar-refractivity contribution in [3.63, 3.8) is 0 Å². The minimum absolute atomic E-state index is 0.0644. The fourth-order valence-electron chi connectivity index (χ4n) is 6.09. The number of fused-ring (bicyclic) bond motifs is 2. The van der Waals surface area contributed by atoms with Crippen LogP contribution >= 0.6 is 19.8 Å². The molecule has 0 aromatic rings. The van der Waals surface area contributed by atoms with Gasteiger partial charge in [0, 0.05) is 0 Å². The van der Waals surface area contributed by atoms with Crippen LogP contribution in [0.15, 0.2) is 0 Å². The van der Waals surface area contributed by atoms with Crippen LogP contribution in [0.4, 0.5) is 0 Å². The van der Waals surface area contributed by atoms with E-state index in [2.05, 4.69) is 22.7 Å². The molecule has 0 unspecified atom stereocenters. The van der Waals surface area contributed by atoms with Crippen LogP contribution in [0.25, 0.3) is 0 Å². The van der Waals surface area contributed by atoms with Gasteiger partial charge in [-0.05, 0) is 0 Å². The Morgan fingerprint density at radius 2 is 1.61 bits per heavy atom. The molecule has 5 nitrogen and oxygen atoms in total. The van der Waals surface area contributed by atoms with Crippen LogP contribution in [-0.2, 0) is 0 Å². The molecular weight excluding hydrogens is 405 g/mol. The molecule has 0 radical (unpaired) electrons. The summed E-state index contributed by atoms with van der Waals surface area (Å²) >= 11 is -0.824. The van der Waals surface area contributed by atoms with Gasteiger partial charge in [0.2, 0.25) is 0 Å². The maximum absolute atomic E-state index is 10.2. The number of halogens is 1. The third-order valence-electron chi connectivity index (χ3n) is 6.78. The van der Waals surface area contributed by atoms with Crippen molar-refractivity contribution >= 4 is 19.8 Å². The quantitative estimate of drug-likeness (QED) is 0.256. The summed E-state index contributed by atoms with van der Waals surface area (Å²) < 4.78 is 2.65. The Morgan fingerprint density at radius 3 is 2.35 bits per heavy atom. The van der Waals surface area contributed by atoms with Crippen molar-refractivity contribution in [1.29, 1.82) is 0 Å². The van der Waals surface area contributed by atoms with E-state index in [1.165, 1.54) is 8.86 Å². The molecule has 0 bridgehead atoms. The summed E-state index contributed by atoms with van der Waals surface area (Å²) in [5, 5.41) is 20.4. The average Bonchev–Trinajstić information content (AvgIpc) is 3.00. The van der Waals surface area contributed by atoms with E-state index < -0.39 is 19.8 Å². The van der Waals surface area contributed by atoms with E-state index >= 15 is 0 Å². The van der Waals surface area contributed by atoms with Crippen molar-refractivity contribution in [1.82, 2.24) is 10.9 Å². The number of aliphatic hydroxyl groups is 2. The van der Waals surface area contributed by atoms with E-state index in [1.807, 2.05) is 0 Å². The molecule has 0 spiro atoms. The van der Waals surface area contributed by atoms with Crippen LogP contribution in [-0.4, -0.2) is 52.8 Å². The summed E-state index contributed by atoms with van der Waals surface area (Å²) in [6.45, 7) is 2.15.